The van der Waals surface area contributed by atoms with Crippen LogP contribution in [0.1, 0.15) is 5.69 Å². The van der Waals surface area contributed by atoms with Gasteiger partial charge < -0.3 is 14.4 Å². The molecule has 3 heterocycles. The molecule has 0 aromatic carbocycles. The van der Waals surface area contributed by atoms with Gasteiger partial charge in [-0.3, -0.25) is 4.90 Å². The van der Waals surface area contributed by atoms with Gasteiger partial charge in [-0.05, 0) is 19.1 Å². The van der Waals surface area contributed by atoms with Crippen LogP contribution in [-0.4, -0.2) is 62.4 Å². The standard InChI is InChI=1S/C14H21N3O2/c1-11-3-4-13(14(15-11)18-2)17-7-5-16(6-8-17)12-9-19-10-12/h3-4,12H,5-10H2,1-2H3. The first kappa shape index (κ1) is 12.7. The molecule has 0 bridgehead atoms. The predicted octanol–water partition coefficient (Wildman–Crippen LogP) is 0.919. The van der Waals surface area contributed by atoms with Gasteiger partial charge in [0.25, 0.3) is 0 Å². The lowest BCUT2D eigenvalue weighted by Gasteiger charge is -2.43. The lowest BCUT2D eigenvalue weighted by Crippen LogP contribution is -2.56. The first-order chi connectivity index (χ1) is 9.28. The fourth-order valence-corrected chi connectivity index (χ4v) is 2.68. The third kappa shape index (κ3) is 2.53. The average Bonchev–Trinajstić information content (AvgIpc) is 2.38. The van der Waals surface area contributed by atoms with E-state index in [1.54, 1.807) is 7.11 Å². The number of anilines is 1. The van der Waals surface area contributed by atoms with Crippen LogP contribution in [0.4, 0.5) is 5.69 Å². The largest absolute Gasteiger partial charge is 0.480 e. The molecule has 0 amide bonds. The Hall–Kier alpha value is -1.33. The van der Waals surface area contributed by atoms with E-state index in [1.165, 1.54) is 0 Å². The van der Waals surface area contributed by atoms with E-state index < -0.39 is 0 Å². The third-order valence-electron chi connectivity index (χ3n) is 3.96. The van der Waals surface area contributed by atoms with E-state index in [9.17, 15) is 0 Å². The van der Waals surface area contributed by atoms with Crippen LogP contribution in [0.2, 0.25) is 0 Å². The van der Waals surface area contributed by atoms with Crippen molar-refractivity contribution in [3.05, 3.63) is 17.8 Å². The van der Waals surface area contributed by atoms with Gasteiger partial charge in [-0.15, -0.1) is 0 Å². The highest BCUT2D eigenvalue weighted by atomic mass is 16.5. The fraction of sp³-hybridized carbons (Fsp3) is 0.643. The van der Waals surface area contributed by atoms with Crippen LogP contribution in [-0.2, 0) is 4.74 Å². The Labute approximate surface area is 114 Å². The summed E-state index contributed by atoms with van der Waals surface area (Å²) >= 11 is 0. The van der Waals surface area contributed by atoms with E-state index in [4.69, 9.17) is 9.47 Å². The minimum Gasteiger partial charge on any atom is -0.480 e. The molecule has 19 heavy (non-hydrogen) atoms. The maximum atomic E-state index is 5.40. The molecule has 0 N–H and O–H groups in total. The predicted molar refractivity (Wildman–Crippen MR) is 73.9 cm³/mol. The molecule has 2 saturated heterocycles. The van der Waals surface area contributed by atoms with Crippen LogP contribution in [0.3, 0.4) is 0 Å². The van der Waals surface area contributed by atoms with Crippen molar-refractivity contribution in [2.75, 3.05) is 51.4 Å². The number of methoxy groups -OCH3 is 1. The van der Waals surface area contributed by atoms with Crippen molar-refractivity contribution in [1.29, 1.82) is 0 Å². The topological polar surface area (TPSA) is 37.8 Å². The summed E-state index contributed by atoms with van der Waals surface area (Å²) in [5, 5.41) is 0. The Bertz CT molecular complexity index is 440. The highest BCUT2D eigenvalue weighted by Gasteiger charge is 2.29. The molecule has 0 saturated carbocycles. The van der Waals surface area contributed by atoms with E-state index in [1.807, 2.05) is 13.0 Å². The molecule has 2 aliphatic rings. The second-order valence-corrected chi connectivity index (χ2v) is 5.20. The highest BCUT2D eigenvalue weighted by Crippen LogP contribution is 2.27. The average molecular weight is 263 g/mol. The number of nitrogens with zero attached hydrogens (tertiary/aromatic N) is 3. The molecule has 2 aliphatic heterocycles. The van der Waals surface area contributed by atoms with Gasteiger partial charge >= 0.3 is 0 Å². The second kappa shape index (κ2) is 5.35. The number of pyridine rings is 1. The molecule has 0 unspecified atom stereocenters. The summed E-state index contributed by atoms with van der Waals surface area (Å²) in [7, 11) is 1.69. The van der Waals surface area contributed by atoms with Crippen LogP contribution in [0.25, 0.3) is 0 Å². The number of hydrogen-bond donors (Lipinski definition) is 0. The Balaban J connectivity index is 1.67. The van der Waals surface area contributed by atoms with Crippen LogP contribution in [0.5, 0.6) is 5.88 Å². The van der Waals surface area contributed by atoms with E-state index in [0.717, 1.165) is 56.7 Å². The molecule has 5 nitrogen and oxygen atoms in total. The van der Waals surface area contributed by atoms with Gasteiger partial charge in [-0.2, -0.15) is 0 Å². The Morgan fingerprint density at radius 3 is 2.53 bits per heavy atom. The van der Waals surface area contributed by atoms with E-state index in [2.05, 4.69) is 20.9 Å². The van der Waals surface area contributed by atoms with Gasteiger partial charge in [-0.25, -0.2) is 4.98 Å². The van der Waals surface area contributed by atoms with Gasteiger partial charge in [0.2, 0.25) is 5.88 Å². The van der Waals surface area contributed by atoms with Gasteiger partial charge in [-0.1, -0.05) is 0 Å². The van der Waals surface area contributed by atoms with Crippen LogP contribution in [0.15, 0.2) is 12.1 Å². The minimum absolute atomic E-state index is 0.639. The molecule has 1 aromatic heterocycles. The molecular weight excluding hydrogens is 242 g/mol. The molecule has 0 radical (unpaired) electrons. The summed E-state index contributed by atoms with van der Waals surface area (Å²) in [6.45, 7) is 8.01. The lowest BCUT2D eigenvalue weighted by atomic mass is 10.1. The zero-order chi connectivity index (χ0) is 13.2. The quantitative estimate of drug-likeness (QED) is 0.810. The number of aromatic nitrogens is 1. The SMILES string of the molecule is COc1nc(C)ccc1N1CCN(C2COC2)CC1. The molecule has 2 fully saturated rings. The maximum absolute atomic E-state index is 5.40. The first-order valence-corrected chi connectivity index (χ1v) is 6.86. The monoisotopic (exact) mass is 263 g/mol. The van der Waals surface area contributed by atoms with Gasteiger partial charge in [0.1, 0.15) is 0 Å². The summed E-state index contributed by atoms with van der Waals surface area (Å²) in [5.74, 6) is 0.737. The Morgan fingerprint density at radius 1 is 1.21 bits per heavy atom. The zero-order valence-corrected chi connectivity index (χ0v) is 11.6. The maximum Gasteiger partial charge on any atom is 0.237 e. The molecule has 0 spiro atoms. The van der Waals surface area contributed by atoms with Gasteiger partial charge in [0.15, 0.2) is 0 Å². The molecule has 104 valence electrons. The number of hydrogen-bond acceptors (Lipinski definition) is 5. The van der Waals surface area contributed by atoms with Crippen molar-refractivity contribution >= 4 is 5.69 Å². The zero-order valence-electron chi connectivity index (χ0n) is 11.6. The number of aryl methyl sites for hydroxylation is 1. The lowest BCUT2D eigenvalue weighted by molar-refractivity contribution is -0.0660. The van der Waals surface area contributed by atoms with Crippen LogP contribution < -0.4 is 9.64 Å². The molecule has 1 aromatic rings. The van der Waals surface area contributed by atoms with Crippen LogP contribution >= 0.6 is 0 Å². The molecule has 5 heteroatoms. The van der Waals surface area contributed by atoms with E-state index >= 15 is 0 Å². The van der Waals surface area contributed by atoms with E-state index in [0.29, 0.717) is 6.04 Å². The summed E-state index contributed by atoms with van der Waals surface area (Å²) < 4.78 is 10.7. The first-order valence-electron chi connectivity index (χ1n) is 6.86. The summed E-state index contributed by atoms with van der Waals surface area (Å²) in [4.78, 5) is 9.34. The van der Waals surface area contributed by atoms with Crippen molar-refractivity contribution < 1.29 is 9.47 Å². The van der Waals surface area contributed by atoms with Crippen molar-refractivity contribution in [3.63, 3.8) is 0 Å². The molecule has 3 rings (SSSR count). The smallest absolute Gasteiger partial charge is 0.237 e. The number of rotatable bonds is 3. The molecule has 0 atom stereocenters. The van der Waals surface area contributed by atoms with Crippen molar-refractivity contribution in [2.45, 2.75) is 13.0 Å². The fourth-order valence-electron chi connectivity index (χ4n) is 2.68. The van der Waals surface area contributed by atoms with Gasteiger partial charge in [0, 0.05) is 31.9 Å². The number of piperazine rings is 1. The van der Waals surface area contributed by atoms with E-state index in [-0.39, 0.29) is 0 Å². The third-order valence-corrected chi connectivity index (χ3v) is 3.96. The van der Waals surface area contributed by atoms with Crippen molar-refractivity contribution in [3.8, 4) is 5.88 Å². The molecular formula is C14H21N3O2. The van der Waals surface area contributed by atoms with Crippen LogP contribution in [0, 0.1) is 6.92 Å². The second-order valence-electron chi connectivity index (χ2n) is 5.20. The minimum atomic E-state index is 0.639. The Morgan fingerprint density at radius 2 is 1.95 bits per heavy atom. The Kier molecular flexibility index (Phi) is 3.57. The normalized spacial score (nSPS) is 21.3. The number of ether oxygens (including phenoxy) is 2. The summed E-state index contributed by atoms with van der Waals surface area (Å²) in [6.07, 6.45) is 0. The van der Waals surface area contributed by atoms with Crippen molar-refractivity contribution in [1.82, 2.24) is 9.88 Å². The summed E-state index contributed by atoms with van der Waals surface area (Å²) in [6, 6.07) is 4.80. The highest BCUT2D eigenvalue weighted by molar-refractivity contribution is 5.55. The summed E-state index contributed by atoms with van der Waals surface area (Å²) in [5.41, 5.74) is 2.10. The molecule has 0 aliphatic carbocycles. The van der Waals surface area contributed by atoms with Crippen molar-refractivity contribution in [2.24, 2.45) is 0 Å². The van der Waals surface area contributed by atoms with Gasteiger partial charge in [0.05, 0.1) is 32.1 Å².